The molecule has 1 heteroatoms. The maximum Gasteiger partial charge on any atom is 0.0313 e. The predicted molar refractivity (Wildman–Crippen MR) is 66.2 cm³/mol. The van der Waals surface area contributed by atoms with Crippen molar-refractivity contribution >= 4 is 11.8 Å². The van der Waals surface area contributed by atoms with Crippen LogP contribution in [0.15, 0.2) is 0 Å². The highest BCUT2D eigenvalue weighted by Crippen LogP contribution is 2.79. The molecule has 1 aliphatic heterocycles. The first-order chi connectivity index (χ1) is 7.87. The Morgan fingerprint density at radius 3 is 1.94 bits per heavy atom. The van der Waals surface area contributed by atoms with Crippen LogP contribution in [0.3, 0.4) is 0 Å². The molecule has 0 amide bonds. The molecule has 1 spiro atoms. The van der Waals surface area contributed by atoms with Gasteiger partial charge in [0.15, 0.2) is 0 Å². The normalized spacial score (nSPS) is 76.5. The van der Waals surface area contributed by atoms with E-state index >= 15 is 0 Å². The molecule has 86 valence electrons. The molecule has 8 bridgehead atoms. The molecule has 8 aliphatic rings. The average molecular weight is 232 g/mol. The van der Waals surface area contributed by atoms with Crippen molar-refractivity contribution in [2.75, 3.05) is 5.75 Å². The Balaban J connectivity index is 1.60. The van der Waals surface area contributed by atoms with E-state index < -0.39 is 0 Å². The van der Waals surface area contributed by atoms with Gasteiger partial charge in [-0.2, -0.15) is 11.8 Å². The Morgan fingerprint density at radius 2 is 1.31 bits per heavy atom. The van der Waals surface area contributed by atoms with Crippen LogP contribution in [0.5, 0.6) is 0 Å². The lowest BCUT2D eigenvalue weighted by Gasteiger charge is -2.72. The standard InChI is InChI=1S/C15H20S/c1-7-2-12-10-4-8-5-11(9(1)10)13(3-7)14(12)15(8)6-16-15/h7-14H,1-6H2. The summed E-state index contributed by atoms with van der Waals surface area (Å²) >= 11 is 2.38. The largest absolute Gasteiger partial charge is 0.152 e. The Bertz CT molecular complexity index is 361. The summed E-state index contributed by atoms with van der Waals surface area (Å²) in [6.45, 7) is 0. The van der Waals surface area contributed by atoms with Gasteiger partial charge in [-0.3, -0.25) is 0 Å². The lowest BCUT2D eigenvalue weighted by Crippen LogP contribution is -2.67. The van der Waals surface area contributed by atoms with E-state index in [1.54, 1.807) is 37.9 Å². The Hall–Kier alpha value is 0.350. The van der Waals surface area contributed by atoms with E-state index in [1.807, 2.05) is 0 Å². The van der Waals surface area contributed by atoms with Gasteiger partial charge in [0.1, 0.15) is 0 Å². The molecule has 16 heavy (non-hydrogen) atoms. The smallest absolute Gasteiger partial charge is 0.0313 e. The van der Waals surface area contributed by atoms with Crippen LogP contribution < -0.4 is 0 Å². The molecule has 0 aromatic heterocycles. The molecule has 5 unspecified atom stereocenters. The Kier molecular flexibility index (Phi) is 1.20. The molecular formula is C15H20S. The number of hydrogen-bond donors (Lipinski definition) is 0. The van der Waals surface area contributed by atoms with Gasteiger partial charge in [-0.15, -0.1) is 0 Å². The van der Waals surface area contributed by atoms with Crippen molar-refractivity contribution in [1.29, 1.82) is 0 Å². The highest BCUT2D eigenvalue weighted by Gasteiger charge is 2.74. The van der Waals surface area contributed by atoms with Crippen LogP contribution in [0.4, 0.5) is 0 Å². The molecule has 0 radical (unpaired) electrons. The third kappa shape index (κ3) is 0.679. The molecule has 0 N–H and O–H groups in total. The zero-order valence-electron chi connectivity index (χ0n) is 9.77. The first-order valence-electron chi connectivity index (χ1n) is 7.51. The second-order valence-corrected chi connectivity index (χ2v) is 9.17. The van der Waals surface area contributed by atoms with Crippen molar-refractivity contribution in [1.82, 2.24) is 0 Å². The van der Waals surface area contributed by atoms with E-state index in [9.17, 15) is 0 Å². The van der Waals surface area contributed by atoms with Crippen LogP contribution in [-0.4, -0.2) is 10.5 Å². The van der Waals surface area contributed by atoms with Crippen molar-refractivity contribution in [2.24, 2.45) is 47.3 Å². The average Bonchev–Trinajstić information content (AvgIpc) is 3.07. The summed E-state index contributed by atoms with van der Waals surface area (Å²) in [4.78, 5) is 0. The van der Waals surface area contributed by atoms with E-state index in [1.165, 1.54) is 47.3 Å². The Morgan fingerprint density at radius 1 is 0.750 bits per heavy atom. The fraction of sp³-hybridized carbons (Fsp3) is 1.00. The van der Waals surface area contributed by atoms with Crippen molar-refractivity contribution in [3.63, 3.8) is 0 Å². The van der Waals surface area contributed by atoms with Gasteiger partial charge >= 0.3 is 0 Å². The highest BCUT2D eigenvalue weighted by atomic mass is 32.2. The zero-order valence-corrected chi connectivity index (χ0v) is 10.6. The second-order valence-electron chi connectivity index (χ2n) is 7.83. The summed E-state index contributed by atoms with van der Waals surface area (Å²) in [6, 6.07) is 0. The lowest BCUT2D eigenvalue weighted by molar-refractivity contribution is -0.210. The van der Waals surface area contributed by atoms with Crippen molar-refractivity contribution in [2.45, 2.75) is 36.9 Å². The number of rotatable bonds is 0. The molecule has 0 aromatic carbocycles. The molecule has 7 saturated carbocycles. The van der Waals surface area contributed by atoms with Crippen LogP contribution in [0.2, 0.25) is 0 Å². The first-order valence-corrected chi connectivity index (χ1v) is 8.49. The van der Waals surface area contributed by atoms with Crippen LogP contribution in [0.1, 0.15) is 32.1 Å². The molecule has 1 heterocycles. The third-order valence-electron chi connectivity index (χ3n) is 7.79. The quantitative estimate of drug-likeness (QED) is 0.577. The van der Waals surface area contributed by atoms with Crippen molar-refractivity contribution < 1.29 is 0 Å². The van der Waals surface area contributed by atoms with E-state index in [2.05, 4.69) is 11.8 Å². The summed E-state index contributed by atoms with van der Waals surface area (Å²) in [5, 5.41) is 0. The molecule has 7 aliphatic carbocycles. The topological polar surface area (TPSA) is 0 Å². The minimum Gasteiger partial charge on any atom is -0.152 e. The SMILES string of the molecule is C1C2CC3C4CC5CC(C14)C(C2)C3C51CS1. The summed E-state index contributed by atoms with van der Waals surface area (Å²) in [6.07, 6.45) is 8.29. The van der Waals surface area contributed by atoms with Crippen LogP contribution in [0.25, 0.3) is 0 Å². The zero-order chi connectivity index (χ0) is 10.1. The van der Waals surface area contributed by atoms with Gasteiger partial charge in [0.2, 0.25) is 0 Å². The summed E-state index contributed by atoms with van der Waals surface area (Å²) in [5.41, 5.74) is 0. The summed E-state index contributed by atoms with van der Waals surface area (Å²) in [5.74, 6) is 11.2. The van der Waals surface area contributed by atoms with Gasteiger partial charge in [0.25, 0.3) is 0 Å². The second kappa shape index (κ2) is 2.27. The van der Waals surface area contributed by atoms with Crippen LogP contribution in [-0.2, 0) is 0 Å². The first kappa shape index (κ1) is 8.45. The maximum absolute atomic E-state index is 2.38. The van der Waals surface area contributed by atoms with Crippen molar-refractivity contribution in [3.8, 4) is 0 Å². The lowest BCUT2D eigenvalue weighted by atomic mass is 9.34. The van der Waals surface area contributed by atoms with E-state index in [-0.39, 0.29) is 0 Å². The third-order valence-corrected chi connectivity index (χ3v) is 9.35. The predicted octanol–water partition coefficient (Wildman–Crippen LogP) is 3.42. The van der Waals surface area contributed by atoms with Gasteiger partial charge < -0.3 is 0 Å². The van der Waals surface area contributed by atoms with Crippen LogP contribution >= 0.6 is 11.8 Å². The van der Waals surface area contributed by atoms with E-state index in [0.717, 1.165) is 4.75 Å². The van der Waals surface area contributed by atoms with Gasteiger partial charge in [0, 0.05) is 10.5 Å². The van der Waals surface area contributed by atoms with Gasteiger partial charge in [-0.25, -0.2) is 0 Å². The summed E-state index contributed by atoms with van der Waals surface area (Å²) < 4.78 is 0.871. The number of thioether (sulfide) groups is 1. The maximum atomic E-state index is 2.38. The van der Waals surface area contributed by atoms with Gasteiger partial charge in [0.05, 0.1) is 0 Å². The minimum absolute atomic E-state index is 0.871. The van der Waals surface area contributed by atoms with E-state index in [4.69, 9.17) is 0 Å². The number of hydrogen-bond acceptors (Lipinski definition) is 1. The van der Waals surface area contributed by atoms with Gasteiger partial charge in [-0.1, -0.05) is 0 Å². The van der Waals surface area contributed by atoms with E-state index in [0.29, 0.717) is 0 Å². The molecule has 0 nitrogen and oxygen atoms in total. The molecular weight excluding hydrogens is 212 g/mol. The Labute approximate surface area is 102 Å². The van der Waals surface area contributed by atoms with Gasteiger partial charge in [-0.05, 0) is 79.4 Å². The molecule has 5 atom stereocenters. The molecule has 1 saturated heterocycles. The van der Waals surface area contributed by atoms with Crippen molar-refractivity contribution in [3.05, 3.63) is 0 Å². The molecule has 8 fully saturated rings. The molecule has 0 aromatic rings. The highest BCUT2D eigenvalue weighted by molar-refractivity contribution is 8.07. The molecule has 8 rings (SSSR count). The fourth-order valence-electron chi connectivity index (χ4n) is 7.60. The summed E-state index contributed by atoms with van der Waals surface area (Å²) in [7, 11) is 0. The van der Waals surface area contributed by atoms with Crippen LogP contribution in [0, 0.1) is 47.3 Å². The minimum atomic E-state index is 0.871. The monoisotopic (exact) mass is 232 g/mol. The fourth-order valence-corrected chi connectivity index (χ4v) is 9.16.